The van der Waals surface area contributed by atoms with Crippen molar-refractivity contribution in [1.29, 1.82) is 0 Å². The summed E-state index contributed by atoms with van der Waals surface area (Å²) in [5, 5.41) is 13.5. The van der Waals surface area contributed by atoms with E-state index in [9.17, 15) is 0 Å². The van der Waals surface area contributed by atoms with Crippen LogP contribution in [0.25, 0.3) is 10.7 Å². The molecule has 0 aliphatic heterocycles. The highest BCUT2D eigenvalue weighted by molar-refractivity contribution is 7.71. The average molecular weight is 358 g/mol. The van der Waals surface area contributed by atoms with E-state index in [0.29, 0.717) is 10.6 Å². The largest absolute Gasteiger partial charge is 0.494 e. The Morgan fingerprint density at radius 1 is 1.38 bits per heavy atom. The fraction of sp³-hybridized carbons (Fsp3) is 0.235. The second-order valence-electron chi connectivity index (χ2n) is 5.16. The van der Waals surface area contributed by atoms with Crippen LogP contribution in [0.15, 0.2) is 46.9 Å². The van der Waals surface area contributed by atoms with Crippen LogP contribution in [-0.4, -0.2) is 27.7 Å². The Bertz CT molecular complexity index is 865. The lowest BCUT2D eigenvalue weighted by molar-refractivity contribution is 0.309. The van der Waals surface area contributed by atoms with Gasteiger partial charge in [0.25, 0.3) is 0 Å². The van der Waals surface area contributed by atoms with Crippen LogP contribution in [0.5, 0.6) is 5.75 Å². The van der Waals surface area contributed by atoms with Crippen LogP contribution in [0.4, 0.5) is 0 Å². The van der Waals surface area contributed by atoms with E-state index in [2.05, 4.69) is 22.2 Å². The van der Waals surface area contributed by atoms with E-state index < -0.39 is 0 Å². The number of hydrogen-bond donors (Lipinski definition) is 1. The van der Waals surface area contributed by atoms with Crippen LogP contribution in [0.2, 0.25) is 0 Å². The van der Waals surface area contributed by atoms with Crippen molar-refractivity contribution < 1.29 is 4.74 Å². The maximum Gasteiger partial charge on any atom is 0.216 e. The molecule has 0 fully saturated rings. The molecule has 0 radical (unpaired) electrons. The first-order valence-corrected chi connectivity index (χ1v) is 9.05. The molecule has 7 heteroatoms. The summed E-state index contributed by atoms with van der Waals surface area (Å²) in [5.41, 5.74) is 0.948. The SMILES string of the molecule is CCCCOc1cccc(/C=N\n2c(-c3cccs3)n[nH]c2=S)c1. The van der Waals surface area contributed by atoms with E-state index in [1.807, 2.05) is 41.8 Å². The number of rotatable bonds is 7. The van der Waals surface area contributed by atoms with Gasteiger partial charge in [-0.25, -0.2) is 5.10 Å². The van der Waals surface area contributed by atoms with Crippen LogP contribution in [-0.2, 0) is 0 Å². The van der Waals surface area contributed by atoms with Gasteiger partial charge in [0.15, 0.2) is 5.82 Å². The molecule has 2 aromatic heterocycles. The number of aromatic amines is 1. The Labute approximate surface area is 149 Å². The zero-order valence-electron chi connectivity index (χ0n) is 13.3. The minimum Gasteiger partial charge on any atom is -0.494 e. The van der Waals surface area contributed by atoms with Crippen molar-refractivity contribution in [1.82, 2.24) is 14.9 Å². The van der Waals surface area contributed by atoms with Crippen LogP contribution >= 0.6 is 23.6 Å². The molecule has 124 valence electrons. The summed E-state index contributed by atoms with van der Waals surface area (Å²) in [6.45, 7) is 2.87. The third-order valence-corrected chi connectivity index (χ3v) is 4.47. The number of thiophene rings is 1. The van der Waals surface area contributed by atoms with Gasteiger partial charge in [0.05, 0.1) is 17.7 Å². The highest BCUT2D eigenvalue weighted by atomic mass is 32.1. The standard InChI is InChI=1S/C17H18N4OS2/c1-2-3-9-22-14-7-4-6-13(11-14)12-18-21-16(19-20-17(21)23)15-8-5-10-24-15/h4-8,10-12H,2-3,9H2,1H3,(H,20,23)/b18-12-. The Morgan fingerprint density at radius 2 is 2.29 bits per heavy atom. The summed E-state index contributed by atoms with van der Waals surface area (Å²) in [6, 6.07) is 11.8. The van der Waals surface area contributed by atoms with Crippen molar-refractivity contribution in [2.24, 2.45) is 5.10 Å². The van der Waals surface area contributed by atoms with Crippen molar-refractivity contribution in [3.63, 3.8) is 0 Å². The van der Waals surface area contributed by atoms with E-state index in [-0.39, 0.29) is 0 Å². The number of ether oxygens (including phenoxy) is 1. The van der Waals surface area contributed by atoms with Crippen molar-refractivity contribution in [2.45, 2.75) is 19.8 Å². The molecule has 3 rings (SSSR count). The molecular weight excluding hydrogens is 340 g/mol. The third kappa shape index (κ3) is 3.98. The minimum atomic E-state index is 0.463. The van der Waals surface area contributed by atoms with E-state index in [4.69, 9.17) is 17.0 Å². The van der Waals surface area contributed by atoms with Crippen LogP contribution < -0.4 is 4.74 Å². The summed E-state index contributed by atoms with van der Waals surface area (Å²) in [7, 11) is 0. The molecule has 0 unspecified atom stereocenters. The summed E-state index contributed by atoms with van der Waals surface area (Å²) in [4.78, 5) is 1.01. The molecule has 0 aliphatic rings. The number of benzene rings is 1. The van der Waals surface area contributed by atoms with Gasteiger partial charge >= 0.3 is 0 Å². The Morgan fingerprint density at radius 3 is 3.08 bits per heavy atom. The molecule has 0 atom stereocenters. The summed E-state index contributed by atoms with van der Waals surface area (Å²) in [5.74, 6) is 1.56. The first-order chi connectivity index (χ1) is 11.8. The molecular formula is C17H18N4OS2. The second-order valence-corrected chi connectivity index (χ2v) is 6.49. The molecule has 24 heavy (non-hydrogen) atoms. The molecule has 0 saturated heterocycles. The van der Waals surface area contributed by atoms with Crippen LogP contribution in [0.3, 0.4) is 0 Å². The van der Waals surface area contributed by atoms with Gasteiger partial charge in [-0.05, 0) is 47.8 Å². The van der Waals surface area contributed by atoms with Crippen LogP contribution in [0, 0.1) is 4.77 Å². The monoisotopic (exact) mass is 358 g/mol. The molecule has 0 bridgehead atoms. The summed E-state index contributed by atoms with van der Waals surface area (Å²) in [6.07, 6.45) is 3.92. The molecule has 3 aromatic rings. The molecule has 2 heterocycles. The number of unbranched alkanes of at least 4 members (excludes halogenated alkanes) is 1. The lowest BCUT2D eigenvalue weighted by atomic mass is 10.2. The van der Waals surface area contributed by atoms with Gasteiger partial charge in [-0.3, -0.25) is 0 Å². The fourth-order valence-corrected chi connectivity index (χ4v) is 2.99. The van der Waals surface area contributed by atoms with E-state index in [0.717, 1.165) is 35.6 Å². The van der Waals surface area contributed by atoms with E-state index in [1.165, 1.54) is 0 Å². The zero-order valence-corrected chi connectivity index (χ0v) is 14.9. The molecule has 1 N–H and O–H groups in total. The first kappa shape index (κ1) is 16.6. The summed E-state index contributed by atoms with van der Waals surface area (Å²) < 4.78 is 7.82. The van der Waals surface area contributed by atoms with Crippen molar-refractivity contribution in [2.75, 3.05) is 6.61 Å². The van der Waals surface area contributed by atoms with Crippen LogP contribution in [0.1, 0.15) is 25.3 Å². The smallest absolute Gasteiger partial charge is 0.216 e. The Balaban J connectivity index is 1.81. The number of nitrogens with one attached hydrogen (secondary N) is 1. The quantitative estimate of drug-likeness (QED) is 0.377. The lowest BCUT2D eigenvalue weighted by Crippen LogP contribution is -1.97. The van der Waals surface area contributed by atoms with E-state index >= 15 is 0 Å². The molecule has 5 nitrogen and oxygen atoms in total. The number of aromatic nitrogens is 3. The fourth-order valence-electron chi connectivity index (χ4n) is 2.11. The Hall–Kier alpha value is -2.25. The average Bonchev–Trinajstić information content (AvgIpc) is 3.23. The molecule has 0 saturated carbocycles. The molecule has 1 aromatic carbocycles. The molecule has 0 amide bonds. The topological polar surface area (TPSA) is 55.2 Å². The van der Waals surface area contributed by atoms with Gasteiger partial charge in [-0.1, -0.05) is 31.5 Å². The third-order valence-electron chi connectivity index (χ3n) is 3.34. The van der Waals surface area contributed by atoms with Crippen molar-refractivity contribution >= 4 is 29.8 Å². The highest BCUT2D eigenvalue weighted by Gasteiger charge is 2.08. The van der Waals surface area contributed by atoms with Gasteiger partial charge in [-0.15, -0.1) is 11.3 Å². The van der Waals surface area contributed by atoms with Gasteiger partial charge in [0.1, 0.15) is 5.75 Å². The van der Waals surface area contributed by atoms with Gasteiger partial charge in [0, 0.05) is 0 Å². The maximum absolute atomic E-state index is 5.72. The van der Waals surface area contributed by atoms with Crippen molar-refractivity contribution in [3.05, 3.63) is 52.1 Å². The molecule has 0 spiro atoms. The number of H-pyrrole nitrogens is 1. The van der Waals surface area contributed by atoms with Gasteiger partial charge < -0.3 is 4.74 Å². The van der Waals surface area contributed by atoms with Crippen molar-refractivity contribution in [3.8, 4) is 16.5 Å². The second kappa shape index (κ2) is 8.03. The predicted octanol–water partition coefficient (Wildman–Crippen LogP) is 4.73. The Kier molecular flexibility index (Phi) is 5.55. The maximum atomic E-state index is 5.72. The zero-order chi connectivity index (χ0) is 16.8. The summed E-state index contributed by atoms with van der Waals surface area (Å²) >= 11 is 6.87. The lowest BCUT2D eigenvalue weighted by Gasteiger charge is -2.05. The highest BCUT2D eigenvalue weighted by Crippen LogP contribution is 2.22. The normalized spacial score (nSPS) is 11.2. The predicted molar refractivity (Wildman–Crippen MR) is 101 cm³/mol. The van der Waals surface area contributed by atoms with Gasteiger partial charge in [-0.2, -0.15) is 14.9 Å². The van der Waals surface area contributed by atoms with Gasteiger partial charge in [0.2, 0.25) is 4.77 Å². The first-order valence-electron chi connectivity index (χ1n) is 7.76. The molecule has 0 aliphatic carbocycles. The number of nitrogens with zero attached hydrogens (tertiary/aromatic N) is 3. The number of hydrogen-bond acceptors (Lipinski definition) is 5. The van der Waals surface area contributed by atoms with E-state index in [1.54, 1.807) is 22.2 Å². The minimum absolute atomic E-state index is 0.463.